The summed E-state index contributed by atoms with van der Waals surface area (Å²) in [5, 5.41) is 6.82. The Kier molecular flexibility index (Phi) is 11.1. The normalized spacial score (nSPS) is 17.9. The summed E-state index contributed by atoms with van der Waals surface area (Å²) in [7, 11) is 4.04. The molecular weight excluding hydrogens is 487 g/mol. The average molecular weight is 522 g/mol. The van der Waals surface area contributed by atoms with E-state index in [1.54, 1.807) is 0 Å². The molecule has 1 saturated heterocycles. The predicted molar refractivity (Wildman–Crippen MR) is 136 cm³/mol. The first kappa shape index (κ1) is 24.6. The summed E-state index contributed by atoms with van der Waals surface area (Å²) in [4.78, 5) is 13.7. The van der Waals surface area contributed by atoms with Gasteiger partial charge in [0, 0.05) is 70.7 Å². The van der Waals surface area contributed by atoms with Crippen molar-refractivity contribution in [2.45, 2.75) is 18.9 Å². The maximum atomic E-state index is 4.36. The Labute approximate surface area is 198 Å². The van der Waals surface area contributed by atoms with E-state index in [9.17, 15) is 0 Å². The minimum absolute atomic E-state index is 0. The van der Waals surface area contributed by atoms with Crippen molar-refractivity contribution in [3.63, 3.8) is 0 Å². The highest BCUT2D eigenvalue weighted by Crippen LogP contribution is 2.24. The van der Waals surface area contributed by atoms with E-state index < -0.39 is 0 Å². The number of benzene rings is 1. The Hall–Kier alpha value is -1.71. The van der Waals surface area contributed by atoms with E-state index in [1.807, 2.05) is 25.4 Å². The molecule has 3 rings (SSSR count). The molecule has 0 amide bonds. The number of piperazine rings is 1. The van der Waals surface area contributed by atoms with Gasteiger partial charge in [-0.3, -0.25) is 14.9 Å². The van der Waals surface area contributed by atoms with Crippen LogP contribution >= 0.6 is 24.0 Å². The third kappa shape index (κ3) is 7.85. The molecule has 1 aromatic heterocycles. The number of nitrogens with zero attached hydrogens (tertiary/aromatic N) is 4. The third-order valence-corrected chi connectivity index (χ3v) is 5.42. The number of rotatable bonds is 8. The molecule has 2 heterocycles. The van der Waals surface area contributed by atoms with Crippen molar-refractivity contribution in [2.75, 3.05) is 53.4 Å². The number of hydrogen-bond donors (Lipinski definition) is 2. The smallest absolute Gasteiger partial charge is 0.190 e. The fraction of sp³-hybridized carbons (Fsp3) is 0.478. The van der Waals surface area contributed by atoms with Crippen LogP contribution in [0.25, 0.3) is 0 Å². The highest BCUT2D eigenvalue weighted by atomic mass is 127. The second-order valence-electron chi connectivity index (χ2n) is 7.58. The van der Waals surface area contributed by atoms with Gasteiger partial charge in [0.15, 0.2) is 5.96 Å². The van der Waals surface area contributed by atoms with Gasteiger partial charge in [0.25, 0.3) is 0 Å². The molecule has 1 atom stereocenters. The van der Waals surface area contributed by atoms with E-state index in [1.165, 1.54) is 5.56 Å². The van der Waals surface area contributed by atoms with Gasteiger partial charge in [0.1, 0.15) is 0 Å². The average Bonchev–Trinajstić information content (AvgIpc) is 2.77. The molecule has 164 valence electrons. The largest absolute Gasteiger partial charge is 0.356 e. The first-order valence-corrected chi connectivity index (χ1v) is 10.6. The molecule has 0 radical (unpaired) electrons. The van der Waals surface area contributed by atoms with E-state index in [0.29, 0.717) is 6.04 Å². The van der Waals surface area contributed by atoms with Crippen LogP contribution in [0, 0.1) is 0 Å². The van der Waals surface area contributed by atoms with Gasteiger partial charge in [-0.15, -0.1) is 24.0 Å². The van der Waals surface area contributed by atoms with Crippen molar-refractivity contribution in [3.8, 4) is 0 Å². The number of pyridine rings is 1. The molecule has 0 saturated carbocycles. The minimum atomic E-state index is 0. The van der Waals surface area contributed by atoms with E-state index in [4.69, 9.17) is 0 Å². The van der Waals surface area contributed by atoms with Crippen LogP contribution in [0.3, 0.4) is 0 Å². The maximum Gasteiger partial charge on any atom is 0.190 e. The number of nitrogens with one attached hydrogen (secondary N) is 2. The standard InChI is InChI=1S/C23H34N6.HI/c1-24-23(27-15-12-21-11-6-7-13-25-21)26-14-8-16-29-18-17-28(2)19-22(29)20-9-4-3-5-10-20;/h3-7,9-11,13,22H,8,12,14-19H2,1-2H3,(H2,24,26,27);1H. The van der Waals surface area contributed by atoms with Crippen LogP contribution in [-0.4, -0.2) is 74.1 Å². The summed E-state index contributed by atoms with van der Waals surface area (Å²) in [6, 6.07) is 17.4. The Morgan fingerprint density at radius 3 is 2.57 bits per heavy atom. The van der Waals surface area contributed by atoms with E-state index >= 15 is 0 Å². The lowest BCUT2D eigenvalue weighted by molar-refractivity contribution is 0.0891. The van der Waals surface area contributed by atoms with Gasteiger partial charge in [-0.25, -0.2) is 0 Å². The highest BCUT2D eigenvalue weighted by Gasteiger charge is 2.25. The summed E-state index contributed by atoms with van der Waals surface area (Å²) in [5.74, 6) is 0.860. The van der Waals surface area contributed by atoms with Crippen LogP contribution in [-0.2, 0) is 6.42 Å². The molecule has 1 aliphatic rings. The lowest BCUT2D eigenvalue weighted by Gasteiger charge is -2.40. The molecular formula is C23H35IN6. The zero-order valence-electron chi connectivity index (χ0n) is 18.1. The first-order valence-electron chi connectivity index (χ1n) is 10.6. The Balaban J connectivity index is 0.00000320. The summed E-state index contributed by atoms with van der Waals surface area (Å²) in [5.41, 5.74) is 2.51. The summed E-state index contributed by atoms with van der Waals surface area (Å²) < 4.78 is 0. The molecule has 1 fully saturated rings. The topological polar surface area (TPSA) is 55.8 Å². The maximum absolute atomic E-state index is 4.36. The molecule has 30 heavy (non-hydrogen) atoms. The molecule has 6 nitrogen and oxygen atoms in total. The van der Waals surface area contributed by atoms with Crippen molar-refractivity contribution >= 4 is 29.9 Å². The third-order valence-electron chi connectivity index (χ3n) is 5.42. The van der Waals surface area contributed by atoms with Gasteiger partial charge in [0.2, 0.25) is 0 Å². The van der Waals surface area contributed by atoms with Crippen LogP contribution in [0.1, 0.15) is 23.7 Å². The van der Waals surface area contributed by atoms with Crippen molar-refractivity contribution in [1.82, 2.24) is 25.4 Å². The highest BCUT2D eigenvalue weighted by molar-refractivity contribution is 14.0. The molecule has 0 aliphatic carbocycles. The minimum Gasteiger partial charge on any atom is -0.356 e. The van der Waals surface area contributed by atoms with Gasteiger partial charge in [-0.05, 0) is 31.2 Å². The van der Waals surface area contributed by atoms with Gasteiger partial charge in [-0.1, -0.05) is 36.4 Å². The van der Waals surface area contributed by atoms with Crippen LogP contribution in [0.2, 0.25) is 0 Å². The summed E-state index contributed by atoms with van der Waals surface area (Å²) in [6.45, 7) is 6.17. The molecule has 7 heteroatoms. The molecule has 1 aromatic carbocycles. The predicted octanol–water partition coefficient (Wildman–Crippen LogP) is 2.79. The second-order valence-corrected chi connectivity index (χ2v) is 7.58. The molecule has 2 aromatic rings. The number of hydrogen-bond acceptors (Lipinski definition) is 4. The summed E-state index contributed by atoms with van der Waals surface area (Å²) >= 11 is 0. The van der Waals surface area contributed by atoms with Crippen molar-refractivity contribution in [1.29, 1.82) is 0 Å². The lowest BCUT2D eigenvalue weighted by Crippen LogP contribution is -2.47. The van der Waals surface area contributed by atoms with E-state index in [2.05, 4.69) is 73.9 Å². The van der Waals surface area contributed by atoms with Gasteiger partial charge < -0.3 is 15.5 Å². The van der Waals surface area contributed by atoms with E-state index in [0.717, 1.165) is 63.8 Å². The quantitative estimate of drug-likeness (QED) is 0.242. The van der Waals surface area contributed by atoms with Gasteiger partial charge >= 0.3 is 0 Å². The monoisotopic (exact) mass is 522 g/mol. The number of halogens is 1. The SMILES string of the molecule is CN=C(NCCCN1CCN(C)CC1c1ccccc1)NCCc1ccccn1.I. The molecule has 1 aliphatic heterocycles. The summed E-state index contributed by atoms with van der Waals surface area (Å²) in [6.07, 6.45) is 3.82. The van der Waals surface area contributed by atoms with Crippen molar-refractivity contribution < 1.29 is 0 Å². The Morgan fingerprint density at radius 1 is 1.07 bits per heavy atom. The molecule has 0 spiro atoms. The number of likely N-dealkylation sites (N-methyl/N-ethyl adjacent to an activating group) is 1. The van der Waals surface area contributed by atoms with Crippen molar-refractivity contribution in [3.05, 3.63) is 66.0 Å². The van der Waals surface area contributed by atoms with Gasteiger partial charge in [0.05, 0.1) is 0 Å². The number of guanidine groups is 1. The molecule has 2 N–H and O–H groups in total. The fourth-order valence-electron chi connectivity index (χ4n) is 3.78. The van der Waals surface area contributed by atoms with Gasteiger partial charge in [-0.2, -0.15) is 0 Å². The lowest BCUT2D eigenvalue weighted by atomic mass is 10.0. The van der Waals surface area contributed by atoms with Crippen LogP contribution in [0.4, 0.5) is 0 Å². The van der Waals surface area contributed by atoms with Crippen LogP contribution < -0.4 is 10.6 Å². The Morgan fingerprint density at radius 2 is 1.83 bits per heavy atom. The first-order chi connectivity index (χ1) is 14.3. The number of aliphatic imine (C=N–C) groups is 1. The zero-order valence-corrected chi connectivity index (χ0v) is 20.5. The van der Waals surface area contributed by atoms with Crippen molar-refractivity contribution in [2.24, 2.45) is 4.99 Å². The Bertz CT molecular complexity index is 740. The van der Waals surface area contributed by atoms with Crippen LogP contribution in [0.5, 0.6) is 0 Å². The fourth-order valence-corrected chi connectivity index (χ4v) is 3.78. The molecule has 1 unspecified atom stereocenters. The second kappa shape index (κ2) is 13.6. The zero-order chi connectivity index (χ0) is 20.3. The van der Waals surface area contributed by atoms with Crippen LogP contribution in [0.15, 0.2) is 59.7 Å². The van der Waals surface area contributed by atoms with E-state index in [-0.39, 0.29) is 24.0 Å². The molecule has 0 bridgehead atoms. The number of aromatic nitrogens is 1.